The molecule has 3 aromatic rings. The van der Waals surface area contributed by atoms with Crippen molar-refractivity contribution >= 4 is 5.52 Å². The number of aromatic nitrogens is 1. The average Bonchev–Trinajstić information content (AvgIpc) is 2.88. The van der Waals surface area contributed by atoms with Gasteiger partial charge in [-0.25, -0.2) is 0 Å². The zero-order valence-electron chi connectivity index (χ0n) is 12.0. The van der Waals surface area contributed by atoms with Crippen molar-refractivity contribution in [3.63, 3.8) is 0 Å². The molecule has 0 spiro atoms. The molecule has 0 bridgehead atoms. The summed E-state index contributed by atoms with van der Waals surface area (Å²) in [6.07, 6.45) is 7.19. The minimum atomic E-state index is 1.16. The molecule has 0 saturated heterocycles. The predicted octanol–water partition coefficient (Wildman–Crippen LogP) is 5.34. The van der Waals surface area contributed by atoms with Crippen molar-refractivity contribution in [1.29, 1.82) is 0 Å². The van der Waals surface area contributed by atoms with Crippen molar-refractivity contribution in [1.82, 2.24) is 4.40 Å². The third-order valence-corrected chi connectivity index (χ3v) is 3.88. The number of nitrogens with zero attached hydrogens (tertiary/aromatic N) is 1. The fraction of sp³-hybridized carbons (Fsp3) is 0.263. The lowest BCUT2D eigenvalue weighted by Crippen LogP contribution is -1.92. The molecule has 2 aromatic heterocycles. The smallest absolute Gasteiger partial charge is 0.0531 e. The number of unbranched alkanes of at least 4 members (excludes halogenated alkanes) is 2. The average molecular weight is 263 g/mol. The molecule has 1 nitrogen and oxygen atoms in total. The van der Waals surface area contributed by atoms with Crippen LogP contribution in [-0.4, -0.2) is 4.40 Å². The third-order valence-electron chi connectivity index (χ3n) is 3.88. The third kappa shape index (κ3) is 2.49. The van der Waals surface area contributed by atoms with Gasteiger partial charge in [0.2, 0.25) is 0 Å². The van der Waals surface area contributed by atoms with Gasteiger partial charge in [0.05, 0.1) is 5.52 Å². The van der Waals surface area contributed by atoms with E-state index in [0.29, 0.717) is 0 Å². The molecule has 0 atom stereocenters. The number of fused-ring (bicyclic) bond motifs is 1. The predicted molar refractivity (Wildman–Crippen MR) is 86.1 cm³/mol. The van der Waals surface area contributed by atoms with Gasteiger partial charge in [0.15, 0.2) is 0 Å². The molecule has 0 radical (unpaired) electrons. The van der Waals surface area contributed by atoms with Gasteiger partial charge in [-0.15, -0.1) is 0 Å². The summed E-state index contributed by atoms with van der Waals surface area (Å²) in [5.74, 6) is 0. The lowest BCUT2D eigenvalue weighted by molar-refractivity contribution is 0.704. The van der Waals surface area contributed by atoms with Crippen LogP contribution in [0, 0.1) is 0 Å². The molecule has 20 heavy (non-hydrogen) atoms. The van der Waals surface area contributed by atoms with Crippen LogP contribution < -0.4 is 0 Å². The SMILES string of the molecule is CCCCCc1cc(-c2ccccc2)c2ccccn12. The topological polar surface area (TPSA) is 4.41 Å². The van der Waals surface area contributed by atoms with Crippen molar-refractivity contribution in [2.24, 2.45) is 0 Å². The Kier molecular flexibility index (Phi) is 3.87. The number of hydrogen-bond acceptors (Lipinski definition) is 0. The van der Waals surface area contributed by atoms with Crippen LogP contribution in [0.5, 0.6) is 0 Å². The first-order valence-electron chi connectivity index (χ1n) is 7.54. The second-order valence-electron chi connectivity index (χ2n) is 5.33. The molecule has 102 valence electrons. The normalized spacial score (nSPS) is 11.1. The summed E-state index contributed by atoms with van der Waals surface area (Å²) >= 11 is 0. The molecule has 0 fully saturated rings. The van der Waals surface area contributed by atoms with Crippen LogP contribution in [-0.2, 0) is 6.42 Å². The van der Waals surface area contributed by atoms with E-state index in [1.165, 1.54) is 41.6 Å². The molecule has 3 rings (SSSR count). The molecule has 0 saturated carbocycles. The molecule has 0 N–H and O–H groups in total. The van der Waals surface area contributed by atoms with E-state index in [4.69, 9.17) is 0 Å². The molecule has 2 heterocycles. The Morgan fingerprint density at radius 1 is 0.900 bits per heavy atom. The molecule has 1 aromatic carbocycles. The van der Waals surface area contributed by atoms with Crippen LogP contribution in [0.15, 0.2) is 60.8 Å². The molecule has 0 amide bonds. The quantitative estimate of drug-likeness (QED) is 0.547. The van der Waals surface area contributed by atoms with Gasteiger partial charge in [-0.05, 0) is 36.6 Å². The van der Waals surface area contributed by atoms with Crippen LogP contribution in [0.1, 0.15) is 31.9 Å². The number of benzene rings is 1. The monoisotopic (exact) mass is 263 g/mol. The summed E-state index contributed by atoms with van der Waals surface area (Å²) in [6.45, 7) is 2.26. The lowest BCUT2D eigenvalue weighted by atomic mass is 10.1. The van der Waals surface area contributed by atoms with Gasteiger partial charge < -0.3 is 4.40 Å². The minimum Gasteiger partial charge on any atom is -0.320 e. The van der Waals surface area contributed by atoms with Gasteiger partial charge in [0.25, 0.3) is 0 Å². The second kappa shape index (κ2) is 5.96. The first-order chi connectivity index (χ1) is 9.90. The zero-order valence-corrected chi connectivity index (χ0v) is 12.0. The van der Waals surface area contributed by atoms with Crippen molar-refractivity contribution in [3.8, 4) is 11.1 Å². The fourth-order valence-electron chi connectivity index (χ4n) is 2.82. The lowest BCUT2D eigenvalue weighted by Gasteiger charge is -2.02. The van der Waals surface area contributed by atoms with Gasteiger partial charge in [-0.1, -0.05) is 56.2 Å². The van der Waals surface area contributed by atoms with E-state index in [2.05, 4.69) is 72.1 Å². The van der Waals surface area contributed by atoms with E-state index in [0.717, 1.165) is 6.42 Å². The summed E-state index contributed by atoms with van der Waals surface area (Å²) in [5.41, 5.74) is 5.38. The van der Waals surface area contributed by atoms with Crippen molar-refractivity contribution in [3.05, 3.63) is 66.5 Å². The molecular weight excluding hydrogens is 242 g/mol. The zero-order chi connectivity index (χ0) is 13.8. The summed E-state index contributed by atoms with van der Waals surface area (Å²) < 4.78 is 2.35. The van der Waals surface area contributed by atoms with E-state index in [1.807, 2.05) is 0 Å². The summed E-state index contributed by atoms with van der Waals surface area (Å²) in [4.78, 5) is 0. The van der Waals surface area contributed by atoms with Gasteiger partial charge in [-0.3, -0.25) is 0 Å². The van der Waals surface area contributed by atoms with Crippen LogP contribution in [0.3, 0.4) is 0 Å². The van der Waals surface area contributed by atoms with E-state index in [9.17, 15) is 0 Å². The number of hydrogen-bond donors (Lipinski definition) is 0. The highest BCUT2D eigenvalue weighted by atomic mass is 14.9. The Hall–Kier alpha value is -2.02. The Morgan fingerprint density at radius 2 is 1.70 bits per heavy atom. The van der Waals surface area contributed by atoms with Gasteiger partial charge in [0, 0.05) is 17.5 Å². The Morgan fingerprint density at radius 3 is 2.50 bits per heavy atom. The highest BCUT2D eigenvalue weighted by Crippen LogP contribution is 2.28. The fourth-order valence-corrected chi connectivity index (χ4v) is 2.82. The van der Waals surface area contributed by atoms with Crippen LogP contribution in [0.25, 0.3) is 16.6 Å². The first-order valence-corrected chi connectivity index (χ1v) is 7.54. The standard InChI is InChI=1S/C19H21N/c1-2-3-5-12-17-15-18(16-10-6-4-7-11-16)19-13-8-9-14-20(17)19/h4,6-11,13-15H,2-3,5,12H2,1H3. The van der Waals surface area contributed by atoms with Gasteiger partial charge >= 0.3 is 0 Å². The largest absolute Gasteiger partial charge is 0.320 e. The number of aryl methyl sites for hydroxylation is 1. The van der Waals surface area contributed by atoms with E-state index >= 15 is 0 Å². The van der Waals surface area contributed by atoms with Crippen LogP contribution in [0.2, 0.25) is 0 Å². The van der Waals surface area contributed by atoms with Crippen molar-refractivity contribution < 1.29 is 0 Å². The first kappa shape index (κ1) is 13.0. The summed E-state index contributed by atoms with van der Waals surface area (Å²) in [5, 5.41) is 0. The van der Waals surface area contributed by atoms with Crippen molar-refractivity contribution in [2.75, 3.05) is 0 Å². The number of rotatable bonds is 5. The number of pyridine rings is 1. The van der Waals surface area contributed by atoms with E-state index in [1.54, 1.807) is 0 Å². The summed E-state index contributed by atoms with van der Waals surface area (Å²) in [7, 11) is 0. The molecular formula is C19H21N. The Labute approximate surface area is 120 Å². The minimum absolute atomic E-state index is 1.16. The van der Waals surface area contributed by atoms with Crippen molar-refractivity contribution in [2.45, 2.75) is 32.6 Å². The maximum atomic E-state index is 2.36. The second-order valence-corrected chi connectivity index (χ2v) is 5.33. The molecule has 0 aliphatic carbocycles. The van der Waals surface area contributed by atoms with Gasteiger partial charge in [-0.2, -0.15) is 0 Å². The Bertz CT molecular complexity index is 679. The van der Waals surface area contributed by atoms with E-state index < -0.39 is 0 Å². The Balaban J connectivity index is 2.05. The highest BCUT2D eigenvalue weighted by molar-refractivity contribution is 5.81. The highest BCUT2D eigenvalue weighted by Gasteiger charge is 2.09. The molecule has 0 aliphatic heterocycles. The maximum absolute atomic E-state index is 2.36. The molecule has 1 heteroatoms. The van der Waals surface area contributed by atoms with E-state index in [-0.39, 0.29) is 0 Å². The molecule has 0 unspecified atom stereocenters. The van der Waals surface area contributed by atoms with Crippen LogP contribution >= 0.6 is 0 Å². The molecule has 0 aliphatic rings. The van der Waals surface area contributed by atoms with Gasteiger partial charge in [0.1, 0.15) is 0 Å². The maximum Gasteiger partial charge on any atom is 0.0531 e. The van der Waals surface area contributed by atoms with Crippen LogP contribution in [0.4, 0.5) is 0 Å². The summed E-state index contributed by atoms with van der Waals surface area (Å²) in [6, 6.07) is 19.5.